The number of benzene rings is 1. The van der Waals surface area contributed by atoms with Crippen molar-refractivity contribution in [3.63, 3.8) is 0 Å². The molecular weight excluding hydrogens is 330 g/mol. The van der Waals surface area contributed by atoms with Gasteiger partial charge in [-0.1, -0.05) is 6.07 Å². The van der Waals surface area contributed by atoms with Crippen LogP contribution < -0.4 is 5.56 Å². The Bertz CT molecular complexity index is 1290. The second-order valence-electron chi connectivity index (χ2n) is 6.02. The lowest BCUT2D eigenvalue weighted by Gasteiger charge is -2.04. The van der Waals surface area contributed by atoms with Gasteiger partial charge in [-0.2, -0.15) is 10.2 Å². The van der Waals surface area contributed by atoms with Gasteiger partial charge in [0, 0.05) is 29.9 Å². The van der Waals surface area contributed by atoms with Crippen molar-refractivity contribution in [2.24, 2.45) is 0 Å². The molecule has 0 aliphatic carbocycles. The molecule has 0 aliphatic heterocycles. The third-order valence-corrected chi connectivity index (χ3v) is 4.50. The fourth-order valence-electron chi connectivity index (χ4n) is 3.24. The van der Waals surface area contributed by atoms with E-state index in [1.54, 1.807) is 23.0 Å². The van der Waals surface area contributed by atoms with Gasteiger partial charge >= 0.3 is 0 Å². The van der Waals surface area contributed by atoms with Crippen LogP contribution in [0.25, 0.3) is 39.1 Å². The molecule has 4 heterocycles. The minimum absolute atomic E-state index is 0.221. The molecule has 0 fully saturated rings. The zero-order chi connectivity index (χ0) is 17.7. The van der Waals surface area contributed by atoms with E-state index in [0.29, 0.717) is 16.9 Å². The van der Waals surface area contributed by atoms with Crippen LogP contribution >= 0.6 is 0 Å². The van der Waals surface area contributed by atoms with Crippen LogP contribution in [0.4, 0.5) is 0 Å². The van der Waals surface area contributed by atoms with Crippen molar-refractivity contribution >= 4 is 16.6 Å². The molecule has 8 heteroatoms. The lowest BCUT2D eigenvalue weighted by atomic mass is 10.1. The van der Waals surface area contributed by atoms with Crippen LogP contribution in [-0.4, -0.2) is 34.6 Å². The zero-order valence-electron chi connectivity index (χ0n) is 14.0. The second kappa shape index (κ2) is 5.41. The Morgan fingerprint density at radius 2 is 2.08 bits per heavy atom. The molecule has 5 rings (SSSR count). The Kier molecular flexibility index (Phi) is 3.05. The molecule has 128 valence electrons. The molecule has 0 spiro atoms. The van der Waals surface area contributed by atoms with E-state index in [9.17, 15) is 4.79 Å². The number of nitrogens with one attached hydrogen (secondary N) is 2. The molecule has 0 amide bonds. The maximum Gasteiger partial charge on any atom is 0.276 e. The van der Waals surface area contributed by atoms with E-state index >= 15 is 0 Å². The first-order chi connectivity index (χ1) is 12.7. The van der Waals surface area contributed by atoms with Gasteiger partial charge in [0.15, 0.2) is 5.65 Å². The highest BCUT2D eigenvalue weighted by Gasteiger charge is 2.15. The number of aromatic nitrogens is 7. The average Bonchev–Trinajstić information content (AvgIpc) is 3.37. The molecule has 0 bridgehead atoms. The summed E-state index contributed by atoms with van der Waals surface area (Å²) in [4.78, 5) is 17.0. The van der Waals surface area contributed by atoms with Crippen molar-refractivity contribution in [1.29, 1.82) is 0 Å². The van der Waals surface area contributed by atoms with Crippen molar-refractivity contribution in [2.45, 2.75) is 13.5 Å². The summed E-state index contributed by atoms with van der Waals surface area (Å²) in [6.07, 6.45) is 5.34. The average molecular weight is 345 g/mol. The molecule has 4 aromatic heterocycles. The minimum atomic E-state index is -0.221. The Hall–Kier alpha value is -3.68. The number of hydrogen-bond donors (Lipinski definition) is 2. The van der Waals surface area contributed by atoms with Gasteiger partial charge in [-0.3, -0.25) is 19.7 Å². The molecule has 1 aromatic carbocycles. The van der Waals surface area contributed by atoms with Gasteiger partial charge < -0.3 is 0 Å². The fraction of sp³-hybridized carbons (Fsp3) is 0.111. The molecule has 0 saturated carbocycles. The van der Waals surface area contributed by atoms with E-state index in [-0.39, 0.29) is 5.56 Å². The molecule has 0 saturated heterocycles. The maximum atomic E-state index is 12.3. The third kappa shape index (κ3) is 2.08. The summed E-state index contributed by atoms with van der Waals surface area (Å²) in [6.45, 7) is 2.89. The van der Waals surface area contributed by atoms with E-state index in [1.165, 1.54) is 0 Å². The predicted molar refractivity (Wildman–Crippen MR) is 97.8 cm³/mol. The Morgan fingerprint density at radius 3 is 2.88 bits per heavy atom. The van der Waals surface area contributed by atoms with Crippen molar-refractivity contribution in [2.75, 3.05) is 0 Å². The number of aryl methyl sites for hydroxylation is 1. The van der Waals surface area contributed by atoms with Gasteiger partial charge in [0.1, 0.15) is 11.3 Å². The summed E-state index contributed by atoms with van der Waals surface area (Å²) in [5, 5.41) is 15.1. The number of hydrogen-bond acceptors (Lipinski definition) is 4. The molecule has 5 aromatic rings. The summed E-state index contributed by atoms with van der Waals surface area (Å²) in [5.41, 5.74) is 4.19. The Balaban J connectivity index is 1.70. The number of nitrogens with zero attached hydrogens (tertiary/aromatic N) is 5. The first-order valence-corrected chi connectivity index (χ1v) is 8.32. The number of fused-ring (bicyclic) bond motifs is 2. The molecule has 0 atom stereocenters. The highest BCUT2D eigenvalue weighted by Crippen LogP contribution is 2.25. The fourth-order valence-corrected chi connectivity index (χ4v) is 3.24. The van der Waals surface area contributed by atoms with Gasteiger partial charge in [0.25, 0.3) is 5.56 Å². The van der Waals surface area contributed by atoms with E-state index in [4.69, 9.17) is 4.98 Å². The van der Waals surface area contributed by atoms with Crippen LogP contribution in [0.5, 0.6) is 0 Å². The van der Waals surface area contributed by atoms with Gasteiger partial charge in [0.2, 0.25) is 0 Å². The first-order valence-electron chi connectivity index (χ1n) is 8.32. The van der Waals surface area contributed by atoms with Crippen molar-refractivity contribution in [3.8, 4) is 22.5 Å². The Labute approximate surface area is 147 Å². The topological polar surface area (TPSA) is 96.7 Å². The summed E-state index contributed by atoms with van der Waals surface area (Å²) in [6, 6.07) is 9.76. The largest absolute Gasteiger partial charge is 0.285 e. The van der Waals surface area contributed by atoms with Crippen LogP contribution in [0.3, 0.4) is 0 Å². The quantitative estimate of drug-likeness (QED) is 0.525. The van der Waals surface area contributed by atoms with Crippen LogP contribution in [0, 0.1) is 0 Å². The van der Waals surface area contributed by atoms with Gasteiger partial charge in [-0.05, 0) is 31.2 Å². The smallest absolute Gasteiger partial charge is 0.276 e. The van der Waals surface area contributed by atoms with E-state index in [2.05, 4.69) is 33.4 Å². The monoisotopic (exact) mass is 345 g/mol. The van der Waals surface area contributed by atoms with Crippen LogP contribution in [0.1, 0.15) is 6.92 Å². The molecule has 0 unspecified atom stereocenters. The van der Waals surface area contributed by atoms with Gasteiger partial charge in [-0.25, -0.2) is 9.50 Å². The van der Waals surface area contributed by atoms with Gasteiger partial charge in [0.05, 0.1) is 17.4 Å². The molecule has 2 N–H and O–H groups in total. The molecule has 8 nitrogen and oxygen atoms in total. The number of rotatable bonds is 3. The minimum Gasteiger partial charge on any atom is -0.285 e. The molecule has 0 radical (unpaired) electrons. The summed E-state index contributed by atoms with van der Waals surface area (Å²) in [7, 11) is 0. The van der Waals surface area contributed by atoms with E-state index < -0.39 is 0 Å². The second-order valence-corrected chi connectivity index (χ2v) is 6.02. The zero-order valence-corrected chi connectivity index (χ0v) is 14.0. The highest BCUT2D eigenvalue weighted by atomic mass is 16.1. The molecular formula is C18H15N7O. The normalized spacial score (nSPS) is 11.6. The lowest BCUT2D eigenvalue weighted by Crippen LogP contribution is -2.02. The molecule has 26 heavy (non-hydrogen) atoms. The summed E-state index contributed by atoms with van der Waals surface area (Å²) in [5.74, 6) is 0. The molecule has 0 aliphatic rings. The highest BCUT2D eigenvalue weighted by molar-refractivity contribution is 5.84. The number of H-pyrrole nitrogens is 2. The number of aromatic amines is 2. The van der Waals surface area contributed by atoms with Crippen LogP contribution in [0.15, 0.2) is 53.7 Å². The van der Waals surface area contributed by atoms with E-state index in [0.717, 1.165) is 28.7 Å². The van der Waals surface area contributed by atoms with Crippen LogP contribution in [0.2, 0.25) is 0 Å². The predicted octanol–water partition coefficient (Wildman–Crippen LogP) is 2.45. The Morgan fingerprint density at radius 1 is 1.15 bits per heavy atom. The lowest BCUT2D eigenvalue weighted by molar-refractivity contribution is 0.684. The summed E-state index contributed by atoms with van der Waals surface area (Å²) >= 11 is 0. The van der Waals surface area contributed by atoms with Crippen molar-refractivity contribution < 1.29 is 0 Å². The van der Waals surface area contributed by atoms with Crippen molar-refractivity contribution in [1.82, 2.24) is 34.6 Å². The SMILES string of the molecule is CCn1ncc2cc(-c3ccn4[nH]c(=O)c(-c5cc[nH]n5)c4n3)ccc21. The third-order valence-electron chi connectivity index (χ3n) is 4.50. The maximum absolute atomic E-state index is 12.3. The summed E-state index contributed by atoms with van der Waals surface area (Å²) < 4.78 is 3.57. The van der Waals surface area contributed by atoms with E-state index in [1.807, 2.05) is 29.1 Å². The standard InChI is InChI=1S/C18H15N7O/c1-2-24-15-4-3-11(9-12(15)10-20-24)13-6-8-25-17(21-13)16(18(26)23-25)14-5-7-19-22-14/h3-10H,2H2,1H3,(H,19,22)(H,23,26). The first kappa shape index (κ1) is 14.6. The van der Waals surface area contributed by atoms with Gasteiger partial charge in [-0.15, -0.1) is 0 Å². The van der Waals surface area contributed by atoms with Crippen LogP contribution in [-0.2, 0) is 6.54 Å². The van der Waals surface area contributed by atoms with Crippen molar-refractivity contribution in [3.05, 3.63) is 59.3 Å².